The van der Waals surface area contributed by atoms with Crippen LogP contribution in [0.25, 0.3) is 0 Å². The van der Waals surface area contributed by atoms with Gasteiger partial charge in [-0.1, -0.05) is 43.3 Å². The first kappa shape index (κ1) is 35.6. The van der Waals surface area contributed by atoms with E-state index in [-0.39, 0.29) is 59.7 Å². The van der Waals surface area contributed by atoms with Crippen LogP contribution in [0.2, 0.25) is 0 Å². The van der Waals surface area contributed by atoms with Crippen molar-refractivity contribution in [2.24, 2.45) is 5.92 Å². The van der Waals surface area contributed by atoms with Crippen LogP contribution in [0.4, 0.5) is 5.69 Å². The summed E-state index contributed by atoms with van der Waals surface area (Å²) in [5.41, 5.74) is 1.59. The van der Waals surface area contributed by atoms with Crippen molar-refractivity contribution in [1.29, 1.82) is 0 Å². The van der Waals surface area contributed by atoms with Crippen LogP contribution < -0.4 is 10.1 Å². The molecule has 2 amide bonds. The summed E-state index contributed by atoms with van der Waals surface area (Å²) in [7, 11) is -2.17. The van der Waals surface area contributed by atoms with E-state index >= 15 is 0 Å². The second-order valence-corrected chi connectivity index (χ2v) is 15.2. The highest BCUT2D eigenvalue weighted by Crippen LogP contribution is 2.29. The zero-order valence-electron chi connectivity index (χ0n) is 26.9. The fourth-order valence-corrected chi connectivity index (χ4v) is 7.75. The minimum Gasteiger partial charge on any atom is -0.490 e. The summed E-state index contributed by atoms with van der Waals surface area (Å²) >= 11 is 1.16. The Morgan fingerprint density at radius 1 is 1.13 bits per heavy atom. The number of ether oxygens (including phenoxy) is 2. The van der Waals surface area contributed by atoms with Gasteiger partial charge in [0.25, 0.3) is 15.9 Å². The van der Waals surface area contributed by atoms with Gasteiger partial charge in [0.05, 0.1) is 36.8 Å². The lowest BCUT2D eigenvalue weighted by atomic mass is 10.0. The summed E-state index contributed by atoms with van der Waals surface area (Å²) in [4.78, 5) is 28.7. The number of thiophene rings is 1. The van der Waals surface area contributed by atoms with E-state index in [0.29, 0.717) is 18.0 Å². The maximum Gasteiger partial charge on any atom is 0.258 e. The highest BCUT2D eigenvalue weighted by molar-refractivity contribution is 7.91. The summed E-state index contributed by atoms with van der Waals surface area (Å²) < 4.78 is 40.6. The molecule has 46 heavy (non-hydrogen) atoms. The lowest BCUT2D eigenvalue weighted by molar-refractivity contribution is -0.115. The Labute approximate surface area is 276 Å². The summed E-state index contributed by atoms with van der Waals surface area (Å²) in [6.45, 7) is 6.07. The Hall–Kier alpha value is -3.29. The zero-order valence-corrected chi connectivity index (χ0v) is 28.6. The Morgan fingerprint density at radius 2 is 1.89 bits per heavy atom. The Kier molecular flexibility index (Phi) is 12.8. The molecule has 2 N–H and O–H groups in total. The van der Waals surface area contributed by atoms with Crippen LogP contribution in [0.3, 0.4) is 0 Å². The fraction of sp³-hybridized carbons (Fsp3) is 0.471. The molecule has 2 aromatic carbocycles. The maximum atomic E-state index is 14.3. The first-order valence-corrected chi connectivity index (χ1v) is 18.0. The van der Waals surface area contributed by atoms with Gasteiger partial charge in [0.15, 0.2) is 0 Å². The van der Waals surface area contributed by atoms with E-state index in [1.54, 1.807) is 54.6 Å². The molecule has 4 rings (SSSR count). The average molecular weight is 672 g/mol. The standard InChI is InChI=1S/C34H45N3O7S2/c1-24-21-37(25(2)23-38)34(40)29-20-28(35-32(39)19-27-12-6-5-7-13-27)15-16-30(29)44-26(3)11-8-9-17-43-31(24)22-36(4)46(41,42)33-14-10-18-45-33/h5-7,10,12-16,18,20,24-26,31,38H,8-9,11,17,19,21-23H2,1-4H3,(H,35,39)/t24-,25+,26+,31+/m1/s1. The fourth-order valence-electron chi connectivity index (χ4n) is 5.36. The number of aliphatic hydroxyl groups excluding tert-OH is 1. The van der Waals surface area contributed by atoms with Gasteiger partial charge in [-0.25, -0.2) is 8.42 Å². The number of hydrogen-bond donors (Lipinski definition) is 2. The van der Waals surface area contributed by atoms with Crippen molar-refractivity contribution in [3.63, 3.8) is 0 Å². The molecule has 3 aromatic rings. The topological polar surface area (TPSA) is 125 Å². The van der Waals surface area contributed by atoms with E-state index in [4.69, 9.17) is 9.47 Å². The molecule has 0 saturated heterocycles. The third-order valence-electron chi connectivity index (χ3n) is 8.14. The molecule has 0 radical (unpaired) electrons. The van der Waals surface area contributed by atoms with E-state index in [2.05, 4.69) is 5.32 Å². The predicted octanol–water partition coefficient (Wildman–Crippen LogP) is 5.05. The van der Waals surface area contributed by atoms with Gasteiger partial charge in [-0.2, -0.15) is 4.31 Å². The molecule has 0 bridgehead atoms. The molecule has 10 nitrogen and oxygen atoms in total. The zero-order chi connectivity index (χ0) is 33.3. The lowest BCUT2D eigenvalue weighted by Crippen LogP contribution is -2.48. The molecular formula is C34H45N3O7S2. The summed E-state index contributed by atoms with van der Waals surface area (Å²) in [5, 5.41) is 14.8. The first-order valence-electron chi connectivity index (χ1n) is 15.7. The Bertz CT molecular complexity index is 1530. The van der Waals surface area contributed by atoms with Gasteiger partial charge in [0.2, 0.25) is 5.91 Å². The third kappa shape index (κ3) is 9.38. The number of amides is 2. The van der Waals surface area contributed by atoms with Crippen molar-refractivity contribution >= 4 is 38.9 Å². The van der Waals surface area contributed by atoms with Crippen molar-refractivity contribution < 1.29 is 32.6 Å². The Morgan fingerprint density at radius 3 is 2.59 bits per heavy atom. The number of nitrogens with zero attached hydrogens (tertiary/aromatic N) is 2. The van der Waals surface area contributed by atoms with E-state index in [9.17, 15) is 23.1 Å². The van der Waals surface area contributed by atoms with Crippen LogP contribution in [0.15, 0.2) is 70.3 Å². The quantitative estimate of drug-likeness (QED) is 0.326. The van der Waals surface area contributed by atoms with Gasteiger partial charge >= 0.3 is 0 Å². The van der Waals surface area contributed by atoms with Crippen LogP contribution in [-0.4, -0.2) is 86.1 Å². The molecule has 0 spiro atoms. The molecule has 2 heterocycles. The number of aliphatic hydroxyl groups is 1. The van der Waals surface area contributed by atoms with Crippen LogP contribution >= 0.6 is 11.3 Å². The molecule has 1 aliphatic rings. The number of benzene rings is 2. The number of sulfonamides is 1. The molecular weight excluding hydrogens is 627 g/mol. The van der Waals surface area contributed by atoms with E-state index in [0.717, 1.165) is 36.2 Å². The predicted molar refractivity (Wildman–Crippen MR) is 180 cm³/mol. The number of hydrogen-bond acceptors (Lipinski definition) is 8. The number of nitrogens with one attached hydrogen (secondary N) is 1. The van der Waals surface area contributed by atoms with Gasteiger partial charge in [-0.3, -0.25) is 9.59 Å². The van der Waals surface area contributed by atoms with Gasteiger partial charge in [0.1, 0.15) is 9.96 Å². The van der Waals surface area contributed by atoms with Crippen molar-refractivity contribution in [2.75, 3.05) is 38.7 Å². The number of fused-ring (bicyclic) bond motifs is 1. The minimum absolute atomic E-state index is 0.102. The largest absolute Gasteiger partial charge is 0.490 e. The van der Waals surface area contributed by atoms with Gasteiger partial charge in [-0.05, 0) is 68.3 Å². The molecule has 0 unspecified atom stereocenters. The van der Waals surface area contributed by atoms with Crippen LogP contribution in [0.1, 0.15) is 56.0 Å². The number of carbonyl (C=O) groups is 2. The number of anilines is 1. The average Bonchev–Trinajstić information content (AvgIpc) is 3.59. The normalized spacial score (nSPS) is 20.8. The second kappa shape index (κ2) is 16.5. The molecule has 1 aromatic heterocycles. The van der Waals surface area contributed by atoms with E-state index in [1.807, 2.05) is 44.2 Å². The van der Waals surface area contributed by atoms with E-state index in [1.165, 1.54) is 4.31 Å². The molecule has 250 valence electrons. The molecule has 0 saturated carbocycles. The number of rotatable bonds is 9. The van der Waals surface area contributed by atoms with Crippen molar-refractivity contribution in [2.45, 2.75) is 68.9 Å². The maximum absolute atomic E-state index is 14.3. The van der Waals surface area contributed by atoms with E-state index < -0.39 is 22.2 Å². The molecule has 0 aliphatic carbocycles. The number of likely N-dealkylation sites (N-methyl/N-ethyl adjacent to an activating group) is 1. The van der Waals surface area contributed by atoms with Gasteiger partial charge in [-0.15, -0.1) is 11.3 Å². The molecule has 4 atom stereocenters. The Balaban J connectivity index is 1.62. The third-order valence-corrected chi connectivity index (χ3v) is 11.3. The van der Waals surface area contributed by atoms with Crippen molar-refractivity contribution in [3.8, 4) is 5.75 Å². The van der Waals surface area contributed by atoms with Crippen molar-refractivity contribution in [3.05, 3.63) is 77.2 Å². The smallest absolute Gasteiger partial charge is 0.258 e. The first-order chi connectivity index (χ1) is 22.0. The molecule has 0 fully saturated rings. The minimum atomic E-state index is -3.71. The SMILES string of the molecule is C[C@@H]1CN([C@@H](C)CO)C(=O)c2cc(NC(=O)Cc3ccccc3)ccc2O[C@@H](C)CCCCO[C@H]1CN(C)S(=O)(=O)c1cccs1. The highest BCUT2D eigenvalue weighted by atomic mass is 32.2. The van der Waals surface area contributed by atoms with Crippen LogP contribution in [0, 0.1) is 5.92 Å². The monoisotopic (exact) mass is 671 g/mol. The summed E-state index contributed by atoms with van der Waals surface area (Å²) in [5.74, 6) is -0.485. The summed E-state index contributed by atoms with van der Waals surface area (Å²) in [6.07, 6.45) is 1.76. The second-order valence-electron chi connectivity index (χ2n) is 11.9. The lowest BCUT2D eigenvalue weighted by Gasteiger charge is -2.35. The van der Waals surface area contributed by atoms with Crippen molar-refractivity contribution in [1.82, 2.24) is 9.21 Å². The van der Waals surface area contributed by atoms with Crippen LogP contribution in [-0.2, 0) is 26.0 Å². The number of carbonyl (C=O) groups excluding carboxylic acids is 2. The van der Waals surface area contributed by atoms with Gasteiger partial charge < -0.3 is 24.8 Å². The summed E-state index contributed by atoms with van der Waals surface area (Å²) in [6, 6.07) is 17.2. The highest BCUT2D eigenvalue weighted by Gasteiger charge is 2.32. The van der Waals surface area contributed by atoms with Gasteiger partial charge in [0, 0.05) is 38.3 Å². The molecule has 1 aliphatic heterocycles. The molecule has 12 heteroatoms. The van der Waals surface area contributed by atoms with Crippen LogP contribution in [0.5, 0.6) is 5.75 Å².